The Morgan fingerprint density at radius 1 is 0.944 bits per heavy atom. The highest BCUT2D eigenvalue weighted by Crippen LogP contribution is 2.37. The maximum absolute atomic E-state index is 10.4. The third-order valence-electron chi connectivity index (χ3n) is 3.53. The molecule has 0 saturated heterocycles. The van der Waals surface area contributed by atoms with E-state index in [0.29, 0.717) is 17.6 Å². The van der Waals surface area contributed by atoms with Gasteiger partial charge in [-0.25, -0.2) is 0 Å². The molecule has 0 aliphatic heterocycles. The van der Waals surface area contributed by atoms with Gasteiger partial charge in [0.25, 0.3) is 0 Å². The van der Waals surface area contributed by atoms with Crippen LogP contribution in [0.15, 0.2) is 12.1 Å². The second kappa shape index (κ2) is 6.12. The van der Waals surface area contributed by atoms with Crippen LogP contribution >= 0.6 is 0 Å². The first-order chi connectivity index (χ1) is 8.42. The third kappa shape index (κ3) is 2.98. The summed E-state index contributed by atoms with van der Waals surface area (Å²) in [6.07, 6.45) is 0. The minimum Gasteiger partial charge on any atom is -0.507 e. The van der Waals surface area contributed by atoms with Crippen molar-refractivity contribution in [3.8, 4) is 5.75 Å². The standard InChI is InChI=1S/C16H27NO/c1-7-17(8-2)13-9-14(11(3)4)16(18)15(10-13)12(5)6/h9-12,18H,7-8H2,1-6H3. The summed E-state index contributed by atoms with van der Waals surface area (Å²) < 4.78 is 0. The van der Waals surface area contributed by atoms with Gasteiger partial charge in [-0.05, 0) is 48.9 Å². The molecule has 1 N–H and O–H groups in total. The summed E-state index contributed by atoms with van der Waals surface area (Å²) in [4.78, 5) is 2.33. The van der Waals surface area contributed by atoms with E-state index in [9.17, 15) is 5.11 Å². The summed E-state index contributed by atoms with van der Waals surface area (Å²) >= 11 is 0. The number of phenolic OH excluding ortho intramolecular Hbond substituents is 1. The number of hydrogen-bond acceptors (Lipinski definition) is 2. The molecule has 0 aliphatic rings. The van der Waals surface area contributed by atoms with Crippen molar-refractivity contribution in [3.63, 3.8) is 0 Å². The van der Waals surface area contributed by atoms with Crippen LogP contribution in [0.5, 0.6) is 5.75 Å². The van der Waals surface area contributed by atoms with E-state index < -0.39 is 0 Å². The second-order valence-electron chi connectivity index (χ2n) is 5.45. The zero-order valence-electron chi connectivity index (χ0n) is 12.6. The highest BCUT2D eigenvalue weighted by atomic mass is 16.3. The molecule has 0 aliphatic carbocycles. The van der Waals surface area contributed by atoms with Crippen LogP contribution in [-0.2, 0) is 0 Å². The lowest BCUT2D eigenvalue weighted by molar-refractivity contribution is 0.454. The van der Waals surface area contributed by atoms with Crippen molar-refractivity contribution in [2.75, 3.05) is 18.0 Å². The minimum atomic E-state index is 0.345. The van der Waals surface area contributed by atoms with E-state index in [1.165, 1.54) is 5.69 Å². The molecular weight excluding hydrogens is 222 g/mol. The number of phenols is 1. The molecule has 1 aromatic carbocycles. The normalized spacial score (nSPS) is 11.3. The molecule has 0 aromatic heterocycles. The molecule has 2 heteroatoms. The molecule has 0 saturated carbocycles. The molecule has 0 unspecified atom stereocenters. The van der Waals surface area contributed by atoms with Crippen molar-refractivity contribution >= 4 is 5.69 Å². The van der Waals surface area contributed by atoms with Crippen molar-refractivity contribution in [2.45, 2.75) is 53.4 Å². The summed E-state index contributed by atoms with van der Waals surface area (Å²) in [5, 5.41) is 10.4. The highest BCUT2D eigenvalue weighted by Gasteiger charge is 2.16. The largest absolute Gasteiger partial charge is 0.507 e. The van der Waals surface area contributed by atoms with Crippen LogP contribution in [0.3, 0.4) is 0 Å². The molecule has 1 aromatic rings. The maximum atomic E-state index is 10.4. The topological polar surface area (TPSA) is 23.5 Å². The molecular formula is C16H27NO. The average Bonchev–Trinajstić information content (AvgIpc) is 2.31. The van der Waals surface area contributed by atoms with Crippen LogP contribution in [0, 0.1) is 0 Å². The average molecular weight is 249 g/mol. The van der Waals surface area contributed by atoms with Crippen LogP contribution < -0.4 is 4.90 Å². The Hall–Kier alpha value is -1.18. The van der Waals surface area contributed by atoms with Gasteiger partial charge < -0.3 is 10.0 Å². The van der Waals surface area contributed by atoms with Crippen molar-refractivity contribution < 1.29 is 5.11 Å². The number of anilines is 1. The van der Waals surface area contributed by atoms with Gasteiger partial charge >= 0.3 is 0 Å². The molecule has 0 heterocycles. The summed E-state index contributed by atoms with van der Waals surface area (Å²) in [7, 11) is 0. The quantitative estimate of drug-likeness (QED) is 0.831. The van der Waals surface area contributed by atoms with E-state index in [-0.39, 0.29) is 0 Å². The van der Waals surface area contributed by atoms with Gasteiger partial charge in [-0.3, -0.25) is 0 Å². The van der Waals surface area contributed by atoms with E-state index in [1.807, 2.05) is 0 Å². The molecule has 102 valence electrons. The van der Waals surface area contributed by atoms with Crippen LogP contribution in [0.25, 0.3) is 0 Å². The minimum absolute atomic E-state index is 0.345. The molecule has 0 bridgehead atoms. The first kappa shape index (κ1) is 14.9. The van der Waals surface area contributed by atoms with Gasteiger partial charge in [-0.15, -0.1) is 0 Å². The van der Waals surface area contributed by atoms with E-state index in [4.69, 9.17) is 0 Å². The van der Waals surface area contributed by atoms with Crippen molar-refractivity contribution in [1.29, 1.82) is 0 Å². The molecule has 0 atom stereocenters. The number of aromatic hydroxyl groups is 1. The fourth-order valence-electron chi connectivity index (χ4n) is 2.32. The molecule has 0 fully saturated rings. The number of hydrogen-bond donors (Lipinski definition) is 1. The van der Waals surface area contributed by atoms with Gasteiger partial charge in [0.05, 0.1) is 0 Å². The molecule has 0 radical (unpaired) electrons. The van der Waals surface area contributed by atoms with Crippen molar-refractivity contribution in [3.05, 3.63) is 23.3 Å². The van der Waals surface area contributed by atoms with Crippen LogP contribution in [0.1, 0.15) is 64.5 Å². The van der Waals surface area contributed by atoms with Gasteiger partial charge in [-0.1, -0.05) is 27.7 Å². The second-order valence-corrected chi connectivity index (χ2v) is 5.45. The zero-order valence-corrected chi connectivity index (χ0v) is 12.6. The maximum Gasteiger partial charge on any atom is 0.122 e. The summed E-state index contributed by atoms with van der Waals surface area (Å²) in [6, 6.07) is 4.28. The fourth-order valence-corrected chi connectivity index (χ4v) is 2.32. The lowest BCUT2D eigenvalue weighted by atomic mass is 9.93. The number of nitrogens with zero attached hydrogens (tertiary/aromatic N) is 1. The molecule has 18 heavy (non-hydrogen) atoms. The monoisotopic (exact) mass is 249 g/mol. The van der Waals surface area contributed by atoms with E-state index >= 15 is 0 Å². The van der Waals surface area contributed by atoms with Crippen molar-refractivity contribution in [1.82, 2.24) is 0 Å². The summed E-state index contributed by atoms with van der Waals surface area (Å²) in [5.41, 5.74) is 3.34. The van der Waals surface area contributed by atoms with E-state index in [1.54, 1.807) is 0 Å². The molecule has 1 rings (SSSR count). The Morgan fingerprint density at radius 2 is 1.33 bits per heavy atom. The summed E-state index contributed by atoms with van der Waals surface area (Å²) in [5.74, 6) is 1.17. The Morgan fingerprint density at radius 3 is 1.61 bits per heavy atom. The Bertz CT molecular complexity index is 363. The van der Waals surface area contributed by atoms with Crippen LogP contribution in [-0.4, -0.2) is 18.2 Å². The van der Waals surface area contributed by atoms with Gasteiger partial charge in [0, 0.05) is 18.8 Å². The fraction of sp³-hybridized carbons (Fsp3) is 0.625. The lowest BCUT2D eigenvalue weighted by Gasteiger charge is -2.25. The van der Waals surface area contributed by atoms with E-state index in [2.05, 4.69) is 58.6 Å². The lowest BCUT2D eigenvalue weighted by Crippen LogP contribution is -2.22. The first-order valence-corrected chi connectivity index (χ1v) is 7.04. The van der Waals surface area contributed by atoms with Gasteiger partial charge in [0.2, 0.25) is 0 Å². The molecule has 2 nitrogen and oxygen atoms in total. The third-order valence-corrected chi connectivity index (χ3v) is 3.53. The summed E-state index contributed by atoms with van der Waals surface area (Å²) in [6.45, 7) is 14.8. The number of benzene rings is 1. The molecule has 0 amide bonds. The SMILES string of the molecule is CCN(CC)c1cc(C(C)C)c(O)c(C(C)C)c1. The predicted octanol–water partition coefficient (Wildman–Crippen LogP) is 4.49. The van der Waals surface area contributed by atoms with Gasteiger partial charge in [0.1, 0.15) is 5.75 Å². The zero-order chi connectivity index (χ0) is 13.9. The smallest absolute Gasteiger partial charge is 0.122 e. The number of rotatable bonds is 5. The van der Waals surface area contributed by atoms with Crippen molar-refractivity contribution in [2.24, 2.45) is 0 Å². The van der Waals surface area contributed by atoms with Gasteiger partial charge in [-0.2, -0.15) is 0 Å². The molecule has 0 spiro atoms. The predicted molar refractivity (Wildman–Crippen MR) is 79.8 cm³/mol. The van der Waals surface area contributed by atoms with E-state index in [0.717, 1.165) is 24.2 Å². The first-order valence-electron chi connectivity index (χ1n) is 7.04. The van der Waals surface area contributed by atoms with Crippen LogP contribution in [0.2, 0.25) is 0 Å². The Balaban J connectivity index is 3.37. The van der Waals surface area contributed by atoms with Crippen LogP contribution in [0.4, 0.5) is 5.69 Å². The Kier molecular flexibility index (Phi) is 5.06. The van der Waals surface area contributed by atoms with Gasteiger partial charge in [0.15, 0.2) is 0 Å². The Labute approximate surface area is 112 Å². The highest BCUT2D eigenvalue weighted by molar-refractivity contribution is 5.58.